The lowest BCUT2D eigenvalue weighted by molar-refractivity contribution is 0.341. The molecule has 0 spiro atoms. The Morgan fingerprint density at radius 3 is 2.37 bits per heavy atom. The number of hydrogen-bond acceptors (Lipinski definition) is 2. The van der Waals surface area contributed by atoms with E-state index in [0.29, 0.717) is 0 Å². The summed E-state index contributed by atoms with van der Waals surface area (Å²) in [5, 5.41) is 2.34. The molecule has 0 amide bonds. The monoisotopic (exact) mass is 393 g/mol. The van der Waals surface area contributed by atoms with Crippen LogP contribution in [-0.4, -0.2) is 12.1 Å². The Bertz CT molecular complexity index is 1200. The quantitative estimate of drug-likeness (QED) is 0.335. The van der Waals surface area contributed by atoms with E-state index in [4.69, 9.17) is 4.74 Å². The molecular weight excluding hydrogens is 366 g/mol. The zero-order valence-electron chi connectivity index (χ0n) is 18.0. The van der Waals surface area contributed by atoms with Gasteiger partial charge in [0.15, 0.2) is 0 Å². The maximum absolute atomic E-state index is 5.18. The highest BCUT2D eigenvalue weighted by molar-refractivity contribution is 5.97. The molecule has 3 aromatic carbocycles. The van der Waals surface area contributed by atoms with E-state index in [9.17, 15) is 0 Å². The average molecular weight is 394 g/mol. The number of aromatic nitrogens is 1. The van der Waals surface area contributed by atoms with Crippen LogP contribution in [0.15, 0.2) is 85.3 Å². The molecule has 0 atom stereocenters. The lowest BCUT2D eigenvalue weighted by Crippen LogP contribution is -2.11. The summed E-state index contributed by atoms with van der Waals surface area (Å²) < 4.78 is 5.18. The summed E-state index contributed by atoms with van der Waals surface area (Å²) >= 11 is 0. The van der Waals surface area contributed by atoms with Crippen molar-refractivity contribution in [1.82, 2.24) is 4.98 Å². The molecule has 0 aliphatic rings. The number of methoxy groups -OCH3 is 1. The van der Waals surface area contributed by atoms with Gasteiger partial charge in [-0.25, -0.2) is 0 Å². The van der Waals surface area contributed by atoms with Gasteiger partial charge in [0.2, 0.25) is 0 Å². The van der Waals surface area contributed by atoms with E-state index < -0.39 is 0 Å². The summed E-state index contributed by atoms with van der Waals surface area (Å²) in [7, 11) is 1.67. The second kappa shape index (κ2) is 8.16. The standard InChI is InChI=1S/C28H27NO/c1-28(2,3)24-12-10-20(15-17-30-4)26(19-24)22-11-13-25-23(18-22)14-16-29-27(25)21-8-6-5-7-9-21/h5-19H,1-4H3. The molecule has 4 aromatic rings. The van der Waals surface area contributed by atoms with Gasteiger partial charge >= 0.3 is 0 Å². The lowest BCUT2D eigenvalue weighted by atomic mass is 9.84. The zero-order chi connectivity index (χ0) is 21.1. The minimum Gasteiger partial charge on any atom is -0.504 e. The van der Waals surface area contributed by atoms with Gasteiger partial charge in [0.05, 0.1) is 19.1 Å². The molecule has 0 N–H and O–H groups in total. The first-order chi connectivity index (χ1) is 14.5. The van der Waals surface area contributed by atoms with Gasteiger partial charge < -0.3 is 4.74 Å². The van der Waals surface area contributed by atoms with Crippen molar-refractivity contribution in [1.29, 1.82) is 0 Å². The van der Waals surface area contributed by atoms with Gasteiger partial charge in [0.25, 0.3) is 0 Å². The molecule has 2 nitrogen and oxygen atoms in total. The molecule has 0 fully saturated rings. The molecule has 0 aliphatic carbocycles. The molecule has 0 saturated heterocycles. The number of nitrogens with zero attached hydrogens (tertiary/aromatic N) is 1. The summed E-state index contributed by atoms with van der Waals surface area (Å²) in [6.07, 6.45) is 5.65. The van der Waals surface area contributed by atoms with E-state index in [2.05, 4.69) is 92.5 Å². The van der Waals surface area contributed by atoms with E-state index in [-0.39, 0.29) is 5.41 Å². The molecule has 0 unspecified atom stereocenters. The predicted molar refractivity (Wildman–Crippen MR) is 127 cm³/mol. The largest absolute Gasteiger partial charge is 0.504 e. The first-order valence-corrected chi connectivity index (χ1v) is 10.3. The second-order valence-electron chi connectivity index (χ2n) is 8.55. The molecule has 1 aromatic heterocycles. The van der Waals surface area contributed by atoms with E-state index in [1.165, 1.54) is 22.1 Å². The highest BCUT2D eigenvalue weighted by Gasteiger charge is 2.16. The summed E-state index contributed by atoms with van der Waals surface area (Å²) in [5.74, 6) is 0. The van der Waals surface area contributed by atoms with Gasteiger partial charge in [-0.05, 0) is 51.3 Å². The molecule has 0 saturated carbocycles. The highest BCUT2D eigenvalue weighted by atomic mass is 16.5. The van der Waals surface area contributed by atoms with Crippen molar-refractivity contribution in [2.75, 3.05) is 7.11 Å². The van der Waals surface area contributed by atoms with Gasteiger partial charge in [-0.1, -0.05) is 81.4 Å². The van der Waals surface area contributed by atoms with Crippen LogP contribution in [-0.2, 0) is 10.2 Å². The third-order valence-corrected chi connectivity index (χ3v) is 5.43. The summed E-state index contributed by atoms with van der Waals surface area (Å²) in [5.41, 5.74) is 7.08. The van der Waals surface area contributed by atoms with Crippen LogP contribution in [0.25, 0.3) is 39.2 Å². The first-order valence-electron chi connectivity index (χ1n) is 10.3. The molecule has 30 heavy (non-hydrogen) atoms. The molecule has 0 aliphatic heterocycles. The van der Waals surface area contributed by atoms with Crippen molar-refractivity contribution >= 4 is 16.8 Å². The fraction of sp³-hybridized carbons (Fsp3) is 0.179. The summed E-state index contributed by atoms with van der Waals surface area (Å²) in [4.78, 5) is 4.66. The summed E-state index contributed by atoms with van der Waals surface area (Å²) in [6, 6.07) is 25.8. The third-order valence-electron chi connectivity index (χ3n) is 5.43. The lowest BCUT2D eigenvalue weighted by Gasteiger charge is -2.21. The normalized spacial score (nSPS) is 11.9. The smallest absolute Gasteiger partial charge is 0.0830 e. The van der Waals surface area contributed by atoms with Crippen molar-refractivity contribution in [3.05, 3.63) is 96.4 Å². The van der Waals surface area contributed by atoms with Gasteiger partial charge in [-0.3, -0.25) is 4.98 Å². The maximum Gasteiger partial charge on any atom is 0.0830 e. The van der Waals surface area contributed by atoms with Crippen molar-refractivity contribution in [2.24, 2.45) is 0 Å². The second-order valence-corrected chi connectivity index (χ2v) is 8.55. The Morgan fingerprint density at radius 2 is 1.63 bits per heavy atom. The molecule has 0 radical (unpaired) electrons. The van der Waals surface area contributed by atoms with Crippen molar-refractivity contribution in [3.8, 4) is 22.4 Å². The molecule has 150 valence electrons. The fourth-order valence-electron chi connectivity index (χ4n) is 3.73. The van der Waals surface area contributed by atoms with Gasteiger partial charge in [-0.2, -0.15) is 0 Å². The van der Waals surface area contributed by atoms with Crippen molar-refractivity contribution < 1.29 is 4.74 Å². The van der Waals surface area contributed by atoms with Gasteiger partial charge in [0, 0.05) is 17.1 Å². The Hall–Kier alpha value is -3.39. The number of pyridine rings is 1. The predicted octanol–water partition coefficient (Wildman–Crippen LogP) is 7.48. The SMILES string of the molecule is COC=Cc1ccc(C(C)(C)C)cc1-c1ccc2c(-c3ccccc3)nccc2c1. The Kier molecular flexibility index (Phi) is 5.41. The van der Waals surface area contributed by atoms with Crippen LogP contribution in [0.2, 0.25) is 0 Å². The van der Waals surface area contributed by atoms with Crippen LogP contribution < -0.4 is 0 Å². The van der Waals surface area contributed by atoms with Crippen LogP contribution in [0.5, 0.6) is 0 Å². The van der Waals surface area contributed by atoms with Crippen LogP contribution in [0, 0.1) is 0 Å². The van der Waals surface area contributed by atoms with Crippen molar-refractivity contribution in [2.45, 2.75) is 26.2 Å². The number of fused-ring (bicyclic) bond motifs is 1. The van der Waals surface area contributed by atoms with Crippen LogP contribution in [0.1, 0.15) is 31.9 Å². The Balaban J connectivity index is 1.88. The van der Waals surface area contributed by atoms with Gasteiger partial charge in [0.1, 0.15) is 0 Å². The highest BCUT2D eigenvalue weighted by Crippen LogP contribution is 2.34. The van der Waals surface area contributed by atoms with E-state index in [1.807, 2.05) is 18.3 Å². The molecular formula is C28H27NO. The van der Waals surface area contributed by atoms with Crippen LogP contribution in [0.3, 0.4) is 0 Å². The fourth-order valence-corrected chi connectivity index (χ4v) is 3.73. The Labute approximate surface area is 178 Å². The molecule has 1 heterocycles. The average Bonchev–Trinajstić information content (AvgIpc) is 2.76. The molecule has 4 rings (SSSR count). The van der Waals surface area contributed by atoms with Crippen LogP contribution in [0.4, 0.5) is 0 Å². The first kappa shape index (κ1) is 19.9. The summed E-state index contributed by atoms with van der Waals surface area (Å²) in [6.45, 7) is 6.74. The third kappa shape index (κ3) is 3.99. The van der Waals surface area contributed by atoms with E-state index in [0.717, 1.165) is 22.2 Å². The zero-order valence-corrected chi connectivity index (χ0v) is 18.0. The van der Waals surface area contributed by atoms with E-state index >= 15 is 0 Å². The van der Waals surface area contributed by atoms with E-state index in [1.54, 1.807) is 13.4 Å². The molecule has 0 bridgehead atoms. The topological polar surface area (TPSA) is 22.1 Å². The number of rotatable bonds is 4. The minimum atomic E-state index is 0.0828. The minimum absolute atomic E-state index is 0.0828. The number of hydrogen-bond donors (Lipinski definition) is 0. The molecule has 2 heteroatoms. The van der Waals surface area contributed by atoms with Crippen molar-refractivity contribution in [3.63, 3.8) is 0 Å². The Morgan fingerprint density at radius 1 is 0.833 bits per heavy atom. The van der Waals surface area contributed by atoms with Crippen LogP contribution >= 0.6 is 0 Å². The maximum atomic E-state index is 5.18. The number of benzene rings is 3. The van der Waals surface area contributed by atoms with Gasteiger partial charge in [-0.15, -0.1) is 0 Å². The number of ether oxygens (including phenoxy) is 1.